The van der Waals surface area contributed by atoms with Gasteiger partial charge in [-0.05, 0) is 30.9 Å². The topological polar surface area (TPSA) is 43.1 Å². The summed E-state index contributed by atoms with van der Waals surface area (Å²) in [6.07, 6.45) is 3.74. The van der Waals surface area contributed by atoms with Crippen molar-refractivity contribution in [2.45, 2.75) is 51.9 Å². The van der Waals surface area contributed by atoms with Crippen LogP contribution in [0.25, 0.3) is 0 Å². The van der Waals surface area contributed by atoms with E-state index in [4.69, 9.17) is 5.73 Å². The molecule has 1 amide bonds. The molecule has 1 atom stereocenters. The van der Waals surface area contributed by atoms with Crippen LogP contribution in [0.5, 0.6) is 0 Å². The number of benzene rings is 1. The lowest BCUT2D eigenvalue weighted by Gasteiger charge is -2.31. The van der Waals surface area contributed by atoms with Crippen LogP contribution in [0.15, 0.2) is 24.3 Å². The molecular weight excluding hydrogens is 210 g/mol. The highest BCUT2D eigenvalue weighted by Gasteiger charge is 2.36. The summed E-state index contributed by atoms with van der Waals surface area (Å²) >= 11 is 0. The van der Waals surface area contributed by atoms with Crippen LogP contribution in [-0.2, 0) is 10.2 Å². The maximum absolute atomic E-state index is 11.9. The van der Waals surface area contributed by atoms with Crippen molar-refractivity contribution in [1.29, 1.82) is 0 Å². The quantitative estimate of drug-likeness (QED) is 0.804. The van der Waals surface area contributed by atoms with Crippen LogP contribution in [0.4, 0.5) is 0 Å². The zero-order valence-electron chi connectivity index (χ0n) is 11.1. The van der Waals surface area contributed by atoms with Gasteiger partial charge in [-0.1, -0.05) is 51.0 Å². The van der Waals surface area contributed by atoms with Crippen LogP contribution in [0.2, 0.25) is 0 Å². The Morgan fingerprint density at radius 2 is 1.94 bits per heavy atom. The second kappa shape index (κ2) is 5.85. The molecule has 2 N–H and O–H groups in total. The fourth-order valence-corrected chi connectivity index (χ4v) is 2.52. The van der Waals surface area contributed by atoms with E-state index in [0.717, 1.165) is 36.8 Å². The SMILES string of the molecule is CCCCC(CC)(C(N)=O)c1ccccc1C. The van der Waals surface area contributed by atoms with E-state index in [-0.39, 0.29) is 5.91 Å². The molecule has 2 nitrogen and oxygen atoms in total. The summed E-state index contributed by atoms with van der Waals surface area (Å²) in [5.41, 5.74) is 7.46. The third kappa shape index (κ3) is 2.68. The van der Waals surface area contributed by atoms with Gasteiger partial charge >= 0.3 is 0 Å². The summed E-state index contributed by atoms with van der Waals surface area (Å²) in [6.45, 7) is 6.24. The van der Waals surface area contributed by atoms with Crippen molar-refractivity contribution >= 4 is 5.91 Å². The van der Waals surface area contributed by atoms with Crippen LogP contribution in [0.3, 0.4) is 0 Å². The normalized spacial score (nSPS) is 14.3. The molecule has 0 aliphatic rings. The van der Waals surface area contributed by atoms with E-state index in [2.05, 4.69) is 19.9 Å². The maximum atomic E-state index is 11.9. The van der Waals surface area contributed by atoms with Gasteiger partial charge in [0, 0.05) is 0 Å². The minimum Gasteiger partial charge on any atom is -0.369 e. The van der Waals surface area contributed by atoms with Crippen molar-refractivity contribution in [3.63, 3.8) is 0 Å². The van der Waals surface area contributed by atoms with Gasteiger partial charge < -0.3 is 5.73 Å². The summed E-state index contributed by atoms with van der Waals surface area (Å²) in [5.74, 6) is -0.192. The predicted molar refractivity (Wildman–Crippen MR) is 71.9 cm³/mol. The van der Waals surface area contributed by atoms with E-state index in [1.165, 1.54) is 0 Å². The molecule has 0 spiro atoms. The molecule has 1 aromatic carbocycles. The fourth-order valence-electron chi connectivity index (χ4n) is 2.52. The molecule has 0 saturated heterocycles. The second-order valence-corrected chi connectivity index (χ2v) is 4.72. The lowest BCUT2D eigenvalue weighted by Crippen LogP contribution is -2.41. The van der Waals surface area contributed by atoms with Crippen LogP contribution in [-0.4, -0.2) is 5.91 Å². The number of aryl methyl sites for hydroxylation is 1. The summed E-state index contributed by atoms with van der Waals surface area (Å²) < 4.78 is 0. The Morgan fingerprint density at radius 3 is 2.41 bits per heavy atom. The van der Waals surface area contributed by atoms with Crippen molar-refractivity contribution in [1.82, 2.24) is 0 Å². The maximum Gasteiger partial charge on any atom is 0.228 e. The van der Waals surface area contributed by atoms with Gasteiger partial charge in [-0.25, -0.2) is 0 Å². The van der Waals surface area contributed by atoms with Crippen LogP contribution < -0.4 is 5.73 Å². The molecule has 0 aromatic heterocycles. The van der Waals surface area contributed by atoms with E-state index in [0.29, 0.717) is 0 Å². The summed E-state index contributed by atoms with van der Waals surface area (Å²) in [6, 6.07) is 8.08. The molecule has 17 heavy (non-hydrogen) atoms. The number of hydrogen-bond donors (Lipinski definition) is 1. The summed E-state index contributed by atoms with van der Waals surface area (Å²) in [7, 11) is 0. The molecule has 1 aromatic rings. The Bertz CT molecular complexity index is 386. The largest absolute Gasteiger partial charge is 0.369 e. The van der Waals surface area contributed by atoms with Crippen molar-refractivity contribution in [3.05, 3.63) is 35.4 Å². The van der Waals surface area contributed by atoms with E-state index in [1.807, 2.05) is 25.1 Å². The van der Waals surface area contributed by atoms with E-state index >= 15 is 0 Å². The van der Waals surface area contributed by atoms with Crippen molar-refractivity contribution in [2.75, 3.05) is 0 Å². The number of primary amides is 1. The average molecular weight is 233 g/mol. The Morgan fingerprint density at radius 1 is 1.29 bits per heavy atom. The molecule has 2 heteroatoms. The van der Waals surface area contributed by atoms with Crippen LogP contribution in [0.1, 0.15) is 50.7 Å². The molecule has 0 radical (unpaired) electrons. The first kappa shape index (κ1) is 13.8. The molecule has 0 saturated carbocycles. The fraction of sp³-hybridized carbons (Fsp3) is 0.533. The molecule has 1 unspecified atom stereocenters. The lowest BCUT2D eigenvalue weighted by atomic mass is 9.72. The van der Waals surface area contributed by atoms with Gasteiger partial charge in [0.25, 0.3) is 0 Å². The van der Waals surface area contributed by atoms with Crippen LogP contribution >= 0.6 is 0 Å². The second-order valence-electron chi connectivity index (χ2n) is 4.72. The standard InChI is InChI=1S/C15H23NO/c1-4-6-11-15(5-2,14(16)17)13-10-8-7-9-12(13)3/h7-10H,4-6,11H2,1-3H3,(H2,16,17). The number of hydrogen-bond acceptors (Lipinski definition) is 1. The van der Waals surface area contributed by atoms with Crippen molar-refractivity contribution < 1.29 is 4.79 Å². The highest BCUT2D eigenvalue weighted by molar-refractivity contribution is 5.87. The zero-order valence-corrected chi connectivity index (χ0v) is 11.1. The molecule has 0 aliphatic heterocycles. The first-order chi connectivity index (χ1) is 8.08. The molecule has 0 bridgehead atoms. The third-order valence-electron chi connectivity index (χ3n) is 3.69. The number of carbonyl (C=O) groups is 1. The molecular formula is C15H23NO. The minimum atomic E-state index is -0.485. The number of rotatable bonds is 6. The minimum absolute atomic E-state index is 0.192. The van der Waals surface area contributed by atoms with Gasteiger partial charge in [0.1, 0.15) is 0 Å². The highest BCUT2D eigenvalue weighted by atomic mass is 16.1. The molecule has 0 heterocycles. The Labute approximate surface area is 104 Å². The summed E-state index contributed by atoms with van der Waals surface area (Å²) in [5, 5.41) is 0. The molecule has 0 aliphatic carbocycles. The van der Waals surface area contributed by atoms with Gasteiger partial charge in [0.2, 0.25) is 5.91 Å². The Balaban J connectivity index is 3.22. The third-order valence-corrected chi connectivity index (χ3v) is 3.69. The first-order valence-electron chi connectivity index (χ1n) is 6.44. The molecule has 94 valence electrons. The Kier molecular flexibility index (Phi) is 4.73. The zero-order chi connectivity index (χ0) is 12.9. The van der Waals surface area contributed by atoms with E-state index < -0.39 is 5.41 Å². The van der Waals surface area contributed by atoms with Gasteiger partial charge in [-0.2, -0.15) is 0 Å². The highest BCUT2D eigenvalue weighted by Crippen LogP contribution is 2.35. The number of nitrogens with two attached hydrogens (primary N) is 1. The van der Waals surface area contributed by atoms with Crippen LogP contribution in [0, 0.1) is 6.92 Å². The number of amides is 1. The summed E-state index contributed by atoms with van der Waals surface area (Å²) in [4.78, 5) is 11.9. The van der Waals surface area contributed by atoms with E-state index in [9.17, 15) is 4.79 Å². The monoisotopic (exact) mass is 233 g/mol. The lowest BCUT2D eigenvalue weighted by molar-refractivity contribution is -0.124. The van der Waals surface area contributed by atoms with E-state index in [1.54, 1.807) is 0 Å². The number of carbonyl (C=O) groups excluding carboxylic acids is 1. The Hall–Kier alpha value is -1.31. The van der Waals surface area contributed by atoms with Crippen molar-refractivity contribution in [2.24, 2.45) is 5.73 Å². The van der Waals surface area contributed by atoms with Gasteiger partial charge in [0.05, 0.1) is 5.41 Å². The predicted octanol–water partition coefficient (Wildman–Crippen LogP) is 3.32. The molecule has 1 rings (SSSR count). The molecule has 0 fully saturated rings. The van der Waals surface area contributed by atoms with Gasteiger partial charge in [0.15, 0.2) is 0 Å². The van der Waals surface area contributed by atoms with Crippen molar-refractivity contribution in [3.8, 4) is 0 Å². The smallest absolute Gasteiger partial charge is 0.228 e. The number of unbranched alkanes of at least 4 members (excludes halogenated alkanes) is 1. The first-order valence-corrected chi connectivity index (χ1v) is 6.44. The average Bonchev–Trinajstić information content (AvgIpc) is 2.32. The van der Waals surface area contributed by atoms with Gasteiger partial charge in [-0.3, -0.25) is 4.79 Å². The van der Waals surface area contributed by atoms with Gasteiger partial charge in [-0.15, -0.1) is 0 Å².